The highest BCUT2D eigenvalue weighted by Crippen LogP contribution is 2.48. The quantitative estimate of drug-likeness (QED) is 0.876. The van der Waals surface area contributed by atoms with E-state index < -0.39 is 24.6 Å². The maximum Gasteiger partial charge on any atom is 0.328 e. The number of rotatable bonds is 5. The number of nitrogens with one attached hydrogen (secondary N) is 1. The van der Waals surface area contributed by atoms with Gasteiger partial charge in [-0.15, -0.1) is 0 Å². The maximum absolute atomic E-state index is 12.4. The predicted molar refractivity (Wildman–Crippen MR) is 72.9 cm³/mol. The van der Waals surface area contributed by atoms with E-state index in [0.29, 0.717) is 16.5 Å². The summed E-state index contributed by atoms with van der Waals surface area (Å²) in [5, 5.41) is 11.8. The SMILES string of the molecule is O=C(O)C(CF)NC(=O)C1CC1c1cc(Cl)cc(Cl)c1. The van der Waals surface area contributed by atoms with Gasteiger partial charge in [0.1, 0.15) is 6.67 Å². The standard InChI is InChI=1S/C13H12Cl2FNO3/c14-7-1-6(2-8(15)3-7)9-4-10(9)12(18)17-11(5-16)13(19)20/h1-3,9-11H,4-5H2,(H,17,18)(H,19,20). The van der Waals surface area contributed by atoms with Crippen LogP contribution in [-0.2, 0) is 9.59 Å². The molecule has 3 unspecified atom stereocenters. The van der Waals surface area contributed by atoms with Gasteiger partial charge in [-0.1, -0.05) is 23.2 Å². The van der Waals surface area contributed by atoms with Crippen LogP contribution in [0.2, 0.25) is 10.0 Å². The number of benzene rings is 1. The molecule has 0 saturated heterocycles. The molecule has 0 heterocycles. The van der Waals surface area contributed by atoms with Crippen molar-refractivity contribution in [3.05, 3.63) is 33.8 Å². The first kappa shape index (κ1) is 15.1. The van der Waals surface area contributed by atoms with Gasteiger partial charge in [-0.25, -0.2) is 9.18 Å². The molecular formula is C13H12Cl2FNO3. The van der Waals surface area contributed by atoms with E-state index in [0.717, 1.165) is 5.56 Å². The van der Waals surface area contributed by atoms with Crippen molar-refractivity contribution in [1.29, 1.82) is 0 Å². The Balaban J connectivity index is 2.00. The molecule has 3 atom stereocenters. The Kier molecular flexibility index (Phi) is 4.50. The first-order valence-corrected chi connectivity index (χ1v) is 6.73. The number of halogens is 3. The molecule has 0 aliphatic heterocycles. The van der Waals surface area contributed by atoms with E-state index in [-0.39, 0.29) is 11.8 Å². The largest absolute Gasteiger partial charge is 0.480 e. The van der Waals surface area contributed by atoms with Gasteiger partial charge >= 0.3 is 5.97 Å². The van der Waals surface area contributed by atoms with Gasteiger partial charge in [0.15, 0.2) is 6.04 Å². The number of hydrogen-bond acceptors (Lipinski definition) is 2. The van der Waals surface area contributed by atoms with E-state index in [9.17, 15) is 14.0 Å². The van der Waals surface area contributed by atoms with Gasteiger partial charge in [-0.05, 0) is 36.1 Å². The maximum atomic E-state index is 12.4. The van der Waals surface area contributed by atoms with Gasteiger partial charge in [0.2, 0.25) is 5.91 Å². The van der Waals surface area contributed by atoms with Crippen LogP contribution in [0.5, 0.6) is 0 Å². The summed E-state index contributed by atoms with van der Waals surface area (Å²) in [5.74, 6) is -2.27. The molecule has 0 bridgehead atoms. The molecule has 0 spiro atoms. The average Bonchev–Trinajstić information content (AvgIpc) is 3.14. The molecule has 7 heteroatoms. The Labute approximate surface area is 124 Å². The highest BCUT2D eigenvalue weighted by molar-refractivity contribution is 6.34. The zero-order valence-corrected chi connectivity index (χ0v) is 11.8. The zero-order valence-electron chi connectivity index (χ0n) is 10.3. The number of carbonyl (C=O) groups is 2. The van der Waals surface area contributed by atoms with Gasteiger partial charge in [0.25, 0.3) is 0 Å². The average molecular weight is 320 g/mol. The van der Waals surface area contributed by atoms with Crippen molar-refractivity contribution < 1.29 is 19.1 Å². The van der Waals surface area contributed by atoms with Crippen molar-refractivity contribution in [2.45, 2.75) is 18.4 Å². The summed E-state index contributed by atoms with van der Waals surface area (Å²) in [6.45, 7) is -1.14. The fourth-order valence-corrected chi connectivity index (χ4v) is 2.63. The molecule has 1 aliphatic rings. The topological polar surface area (TPSA) is 66.4 Å². The number of amides is 1. The second-order valence-electron chi connectivity index (χ2n) is 4.71. The van der Waals surface area contributed by atoms with Gasteiger partial charge in [0, 0.05) is 16.0 Å². The minimum Gasteiger partial charge on any atom is -0.480 e. The smallest absolute Gasteiger partial charge is 0.328 e. The van der Waals surface area contributed by atoms with Crippen LogP contribution < -0.4 is 5.32 Å². The minimum absolute atomic E-state index is 0.0553. The van der Waals surface area contributed by atoms with Crippen LogP contribution in [-0.4, -0.2) is 29.7 Å². The summed E-state index contributed by atoms with van der Waals surface area (Å²) in [4.78, 5) is 22.5. The van der Waals surface area contributed by atoms with Crippen LogP contribution in [0, 0.1) is 5.92 Å². The summed E-state index contributed by atoms with van der Waals surface area (Å²) in [6, 6.07) is 3.53. The fourth-order valence-electron chi connectivity index (χ4n) is 2.09. The normalized spacial score (nSPS) is 22.1. The van der Waals surface area contributed by atoms with Crippen molar-refractivity contribution >= 4 is 35.1 Å². The lowest BCUT2D eigenvalue weighted by molar-refractivity contribution is -0.142. The molecule has 2 rings (SSSR count). The van der Waals surface area contributed by atoms with Gasteiger partial charge in [0.05, 0.1) is 0 Å². The van der Waals surface area contributed by atoms with Crippen molar-refractivity contribution in [1.82, 2.24) is 5.32 Å². The van der Waals surface area contributed by atoms with Crippen LogP contribution in [0.4, 0.5) is 4.39 Å². The molecule has 1 aromatic carbocycles. The van der Waals surface area contributed by atoms with Crippen molar-refractivity contribution in [2.24, 2.45) is 5.92 Å². The van der Waals surface area contributed by atoms with E-state index in [1.165, 1.54) is 0 Å². The van der Waals surface area contributed by atoms with Crippen molar-refractivity contribution in [3.63, 3.8) is 0 Å². The van der Waals surface area contributed by atoms with Gasteiger partial charge < -0.3 is 10.4 Å². The van der Waals surface area contributed by atoms with Crippen LogP contribution in [0.25, 0.3) is 0 Å². The summed E-state index contributed by atoms with van der Waals surface area (Å²) in [7, 11) is 0. The number of hydrogen-bond donors (Lipinski definition) is 2. The predicted octanol–water partition coefficient (Wildman–Crippen LogP) is 2.64. The summed E-state index contributed by atoms with van der Waals surface area (Å²) in [5.41, 5.74) is 0.828. The lowest BCUT2D eigenvalue weighted by atomic mass is 10.1. The number of alkyl halides is 1. The molecular weight excluding hydrogens is 308 g/mol. The Bertz CT molecular complexity index is 532. The Morgan fingerprint density at radius 2 is 1.95 bits per heavy atom. The van der Waals surface area contributed by atoms with Crippen LogP contribution in [0.1, 0.15) is 17.9 Å². The van der Waals surface area contributed by atoms with E-state index in [4.69, 9.17) is 28.3 Å². The number of carboxylic acids is 1. The molecule has 0 radical (unpaired) electrons. The number of carboxylic acid groups (broad SMARTS) is 1. The second-order valence-corrected chi connectivity index (χ2v) is 5.58. The molecule has 1 aliphatic carbocycles. The second kappa shape index (κ2) is 5.97. The molecule has 1 aromatic rings. The van der Waals surface area contributed by atoms with Crippen LogP contribution in [0.15, 0.2) is 18.2 Å². The molecule has 4 nitrogen and oxygen atoms in total. The molecule has 1 amide bonds. The number of carbonyl (C=O) groups excluding carboxylic acids is 1. The van der Waals surface area contributed by atoms with Gasteiger partial charge in [-0.3, -0.25) is 4.79 Å². The molecule has 1 fully saturated rings. The minimum atomic E-state index is -1.49. The molecule has 1 saturated carbocycles. The Hall–Kier alpha value is -1.33. The van der Waals surface area contributed by atoms with Crippen LogP contribution >= 0.6 is 23.2 Å². The third kappa shape index (κ3) is 3.41. The lowest BCUT2D eigenvalue weighted by Gasteiger charge is -2.10. The molecule has 2 N–H and O–H groups in total. The Morgan fingerprint density at radius 1 is 1.35 bits per heavy atom. The van der Waals surface area contributed by atoms with Gasteiger partial charge in [-0.2, -0.15) is 0 Å². The highest BCUT2D eigenvalue weighted by atomic mass is 35.5. The zero-order chi connectivity index (χ0) is 14.9. The Morgan fingerprint density at radius 3 is 2.45 bits per heavy atom. The third-order valence-electron chi connectivity index (χ3n) is 3.21. The fraction of sp³-hybridized carbons (Fsp3) is 0.385. The van der Waals surface area contributed by atoms with E-state index in [1.807, 2.05) is 0 Å². The highest BCUT2D eigenvalue weighted by Gasteiger charge is 2.45. The van der Waals surface area contributed by atoms with E-state index in [2.05, 4.69) is 5.32 Å². The first-order valence-electron chi connectivity index (χ1n) is 5.97. The molecule has 108 valence electrons. The number of aliphatic carboxylic acids is 1. The molecule has 20 heavy (non-hydrogen) atoms. The summed E-state index contributed by atoms with van der Waals surface area (Å²) in [6.07, 6.45) is 0.571. The lowest BCUT2D eigenvalue weighted by Crippen LogP contribution is -2.43. The van der Waals surface area contributed by atoms with Crippen molar-refractivity contribution in [3.8, 4) is 0 Å². The monoisotopic (exact) mass is 319 g/mol. The van der Waals surface area contributed by atoms with E-state index >= 15 is 0 Å². The summed E-state index contributed by atoms with van der Waals surface area (Å²) < 4.78 is 12.4. The van der Waals surface area contributed by atoms with Crippen LogP contribution in [0.3, 0.4) is 0 Å². The van der Waals surface area contributed by atoms with Crippen molar-refractivity contribution in [2.75, 3.05) is 6.67 Å². The molecule has 0 aromatic heterocycles. The third-order valence-corrected chi connectivity index (χ3v) is 3.65. The first-order chi connectivity index (χ1) is 9.42. The van der Waals surface area contributed by atoms with E-state index in [1.54, 1.807) is 18.2 Å². The summed E-state index contributed by atoms with van der Waals surface area (Å²) >= 11 is 11.8.